The van der Waals surface area contributed by atoms with Gasteiger partial charge in [0.15, 0.2) is 0 Å². The molecule has 0 fully saturated rings. The van der Waals surface area contributed by atoms with Crippen molar-refractivity contribution in [2.75, 3.05) is 0 Å². The number of aromatic carboxylic acids is 2. The third-order valence-electron chi connectivity index (χ3n) is 3.52. The highest BCUT2D eigenvalue weighted by atomic mass is 16.4. The summed E-state index contributed by atoms with van der Waals surface area (Å²) in [6.07, 6.45) is 0. The van der Waals surface area contributed by atoms with Gasteiger partial charge in [0.25, 0.3) is 0 Å². The molecule has 4 N–H and O–H groups in total. The molecule has 3 aromatic carbocycles. The number of carboxylic acid groups (broad SMARTS) is 2. The number of hydrogen-bond acceptors (Lipinski definition) is 4. The quantitative estimate of drug-likeness (QED) is 0.486. The van der Waals surface area contributed by atoms with Gasteiger partial charge in [0.1, 0.15) is 11.5 Å². The summed E-state index contributed by atoms with van der Waals surface area (Å²) >= 11 is 0. The van der Waals surface area contributed by atoms with E-state index in [2.05, 4.69) is 0 Å². The predicted molar refractivity (Wildman–Crippen MR) is 106 cm³/mol. The minimum absolute atomic E-state index is 0.202. The van der Waals surface area contributed by atoms with Gasteiger partial charge in [-0.1, -0.05) is 36.4 Å². The maximum atomic E-state index is 10.2. The molecule has 146 valence electrons. The predicted octanol–water partition coefficient (Wildman–Crippen LogP) is 4.48. The van der Waals surface area contributed by atoms with Crippen molar-refractivity contribution in [1.82, 2.24) is 0 Å². The highest BCUT2D eigenvalue weighted by Gasteiger charge is 2.00. The van der Waals surface area contributed by atoms with E-state index in [1.54, 1.807) is 74.5 Å². The van der Waals surface area contributed by atoms with Crippen LogP contribution in [0.15, 0.2) is 72.8 Å². The Hall–Kier alpha value is -3.80. The molecule has 0 saturated heterocycles. The van der Waals surface area contributed by atoms with E-state index < -0.39 is 11.9 Å². The number of hydrogen-bond donors (Lipinski definition) is 4. The topological polar surface area (TPSA) is 115 Å². The van der Waals surface area contributed by atoms with Gasteiger partial charge in [-0.15, -0.1) is 0 Å². The van der Waals surface area contributed by atoms with Crippen molar-refractivity contribution in [2.24, 2.45) is 0 Å². The fraction of sp³-hybridized carbons (Fsp3) is 0.0909. The molecule has 0 aliphatic rings. The Labute approximate surface area is 163 Å². The molecular weight excluding hydrogens is 360 g/mol. The molecule has 3 rings (SSSR count). The van der Waals surface area contributed by atoms with E-state index in [0.717, 1.165) is 0 Å². The minimum Gasteiger partial charge on any atom is -0.508 e. The summed E-state index contributed by atoms with van der Waals surface area (Å²) in [5.41, 5.74) is 2.07. The van der Waals surface area contributed by atoms with Crippen LogP contribution in [0.2, 0.25) is 0 Å². The van der Waals surface area contributed by atoms with Crippen molar-refractivity contribution in [3.63, 3.8) is 0 Å². The zero-order chi connectivity index (χ0) is 21.1. The van der Waals surface area contributed by atoms with E-state index in [4.69, 9.17) is 15.3 Å². The summed E-state index contributed by atoms with van der Waals surface area (Å²) in [7, 11) is 0. The summed E-state index contributed by atoms with van der Waals surface area (Å²) in [6.45, 7) is 3.50. The van der Waals surface area contributed by atoms with Crippen molar-refractivity contribution in [3.05, 3.63) is 95.1 Å². The standard InChI is InChI=1S/C8H10O2.2C7H6O2/c1-5-3-7(9)4-6(2)8(5)10;2*8-7(9)6-4-2-1-3-5-6/h3-4,9-10H,1-2H3;2*1-5H,(H,8,9). The molecule has 0 aromatic heterocycles. The third kappa shape index (κ3) is 7.61. The molecule has 6 nitrogen and oxygen atoms in total. The maximum absolute atomic E-state index is 10.2. The molecule has 6 heteroatoms. The van der Waals surface area contributed by atoms with E-state index in [9.17, 15) is 14.7 Å². The van der Waals surface area contributed by atoms with Gasteiger partial charge in [-0.25, -0.2) is 9.59 Å². The normalized spacial score (nSPS) is 9.21. The first-order chi connectivity index (χ1) is 13.2. The number of phenolic OH excluding ortho intramolecular Hbond substituents is 2. The first-order valence-corrected chi connectivity index (χ1v) is 8.28. The van der Waals surface area contributed by atoms with Gasteiger partial charge in [-0.3, -0.25) is 0 Å². The molecule has 0 bridgehead atoms. The lowest BCUT2D eigenvalue weighted by Crippen LogP contribution is -1.93. The van der Waals surface area contributed by atoms with Crippen LogP contribution in [0.25, 0.3) is 0 Å². The van der Waals surface area contributed by atoms with Gasteiger partial charge in [0.2, 0.25) is 0 Å². The van der Waals surface area contributed by atoms with Crippen molar-refractivity contribution in [3.8, 4) is 11.5 Å². The zero-order valence-corrected chi connectivity index (χ0v) is 15.5. The second kappa shape index (κ2) is 11.0. The van der Waals surface area contributed by atoms with E-state index in [-0.39, 0.29) is 11.5 Å². The molecule has 0 radical (unpaired) electrons. The molecule has 0 unspecified atom stereocenters. The number of carboxylic acids is 2. The van der Waals surface area contributed by atoms with Gasteiger partial charge in [-0.2, -0.15) is 0 Å². The van der Waals surface area contributed by atoms with Crippen LogP contribution in [0.1, 0.15) is 31.8 Å². The fourth-order valence-corrected chi connectivity index (χ4v) is 2.09. The molecule has 0 atom stereocenters. The van der Waals surface area contributed by atoms with Crippen LogP contribution in [0.5, 0.6) is 11.5 Å². The van der Waals surface area contributed by atoms with Crippen LogP contribution in [0.3, 0.4) is 0 Å². The molecule has 0 aliphatic heterocycles. The van der Waals surface area contributed by atoms with Gasteiger partial charge in [-0.05, 0) is 61.4 Å². The third-order valence-corrected chi connectivity index (χ3v) is 3.52. The minimum atomic E-state index is -0.879. The highest BCUT2D eigenvalue weighted by Crippen LogP contribution is 2.25. The van der Waals surface area contributed by atoms with E-state index >= 15 is 0 Å². The Balaban J connectivity index is 0.000000210. The van der Waals surface area contributed by atoms with Gasteiger partial charge >= 0.3 is 11.9 Å². The molecule has 0 amide bonds. The average Bonchev–Trinajstić information content (AvgIpc) is 2.68. The molecule has 0 aliphatic carbocycles. The monoisotopic (exact) mass is 382 g/mol. The van der Waals surface area contributed by atoms with Crippen molar-refractivity contribution in [2.45, 2.75) is 13.8 Å². The Kier molecular flexibility index (Phi) is 8.76. The fourth-order valence-electron chi connectivity index (χ4n) is 2.09. The largest absolute Gasteiger partial charge is 0.508 e. The van der Waals surface area contributed by atoms with Crippen LogP contribution in [-0.4, -0.2) is 32.4 Å². The highest BCUT2D eigenvalue weighted by molar-refractivity contribution is 5.87. The Morgan fingerprint density at radius 3 is 1.21 bits per heavy atom. The smallest absolute Gasteiger partial charge is 0.335 e. The number of rotatable bonds is 2. The summed E-state index contributed by atoms with van der Waals surface area (Å²) in [5, 5.41) is 35.0. The lowest BCUT2D eigenvalue weighted by atomic mass is 10.1. The molecule has 0 spiro atoms. The molecule has 28 heavy (non-hydrogen) atoms. The Bertz CT molecular complexity index is 832. The maximum Gasteiger partial charge on any atom is 0.335 e. The van der Waals surface area contributed by atoms with Crippen LogP contribution in [0, 0.1) is 13.8 Å². The van der Waals surface area contributed by atoms with Gasteiger partial charge in [0, 0.05) is 0 Å². The second-order valence-corrected chi connectivity index (χ2v) is 5.77. The van der Waals surface area contributed by atoms with E-state index in [1.165, 1.54) is 12.1 Å². The summed E-state index contributed by atoms with van der Waals surface area (Å²) in [6, 6.07) is 19.7. The number of benzene rings is 3. The van der Waals surface area contributed by atoms with Gasteiger partial charge in [0.05, 0.1) is 11.1 Å². The Morgan fingerprint density at radius 1 is 0.643 bits per heavy atom. The van der Waals surface area contributed by atoms with Crippen LogP contribution in [-0.2, 0) is 0 Å². The lowest BCUT2D eigenvalue weighted by molar-refractivity contribution is 0.0686. The average molecular weight is 382 g/mol. The van der Waals surface area contributed by atoms with Crippen molar-refractivity contribution in [1.29, 1.82) is 0 Å². The Morgan fingerprint density at radius 2 is 0.964 bits per heavy atom. The van der Waals surface area contributed by atoms with Crippen LogP contribution >= 0.6 is 0 Å². The van der Waals surface area contributed by atoms with Crippen LogP contribution < -0.4 is 0 Å². The number of phenols is 2. The lowest BCUT2D eigenvalue weighted by Gasteiger charge is -2.02. The van der Waals surface area contributed by atoms with Crippen LogP contribution in [0.4, 0.5) is 0 Å². The van der Waals surface area contributed by atoms with Gasteiger partial charge < -0.3 is 20.4 Å². The molecular formula is C22H22O6. The molecule has 3 aromatic rings. The zero-order valence-electron chi connectivity index (χ0n) is 15.5. The summed E-state index contributed by atoms with van der Waals surface area (Å²) in [5.74, 6) is -1.29. The first-order valence-electron chi connectivity index (χ1n) is 8.28. The van der Waals surface area contributed by atoms with Crippen molar-refractivity contribution < 1.29 is 30.0 Å². The molecule has 0 heterocycles. The number of carbonyl (C=O) groups is 2. The number of aromatic hydroxyl groups is 2. The summed E-state index contributed by atoms with van der Waals surface area (Å²) in [4.78, 5) is 20.4. The first kappa shape index (κ1) is 22.2. The summed E-state index contributed by atoms with van der Waals surface area (Å²) < 4.78 is 0. The number of aryl methyl sites for hydroxylation is 2. The van der Waals surface area contributed by atoms with E-state index in [1.807, 2.05) is 0 Å². The van der Waals surface area contributed by atoms with E-state index in [0.29, 0.717) is 22.3 Å². The van der Waals surface area contributed by atoms with Crippen molar-refractivity contribution >= 4 is 11.9 Å². The second-order valence-electron chi connectivity index (χ2n) is 5.77. The SMILES string of the molecule is Cc1cc(O)cc(C)c1O.O=C(O)c1ccccc1.O=C(O)c1ccccc1. The molecule has 0 saturated carbocycles.